The van der Waals surface area contributed by atoms with Crippen LogP contribution in [0.15, 0.2) is 60.7 Å². The van der Waals surface area contributed by atoms with Gasteiger partial charge in [0.1, 0.15) is 6.04 Å². The number of hydrogen-bond acceptors (Lipinski definition) is 3. The Hall–Kier alpha value is -2.27. The number of rotatable bonds is 12. The van der Waals surface area contributed by atoms with E-state index in [1.54, 1.807) is 16.7 Å². The summed E-state index contributed by atoms with van der Waals surface area (Å²) in [5, 5.41) is 2.97. The third kappa shape index (κ3) is 8.62. The lowest BCUT2D eigenvalue weighted by Gasteiger charge is -2.29. The van der Waals surface area contributed by atoms with E-state index >= 15 is 0 Å². The summed E-state index contributed by atoms with van der Waals surface area (Å²) in [7, 11) is 0. The van der Waals surface area contributed by atoms with Crippen LogP contribution in [-0.2, 0) is 21.8 Å². The summed E-state index contributed by atoms with van der Waals surface area (Å²) < 4.78 is 0. The predicted molar refractivity (Wildman–Crippen MR) is 126 cm³/mol. The van der Waals surface area contributed by atoms with Gasteiger partial charge in [-0.25, -0.2) is 0 Å². The molecule has 1 atom stereocenters. The molecule has 5 heteroatoms. The standard InChI is InChI=1S/C25H34N2O2S/c1-20(2)18-26-25(29)21(3)27(16-14-22-10-6-4-7-11-22)24(28)15-17-30-19-23-12-8-5-9-13-23/h4-13,20-21H,14-19H2,1-3H3,(H,26,29)/t21-/m0/s1. The molecule has 0 saturated heterocycles. The van der Waals surface area contributed by atoms with Crippen molar-refractivity contribution in [3.8, 4) is 0 Å². The van der Waals surface area contributed by atoms with Gasteiger partial charge in [0.2, 0.25) is 11.8 Å². The molecule has 0 bridgehead atoms. The fourth-order valence-electron chi connectivity index (χ4n) is 3.09. The first-order valence-electron chi connectivity index (χ1n) is 10.7. The van der Waals surface area contributed by atoms with Gasteiger partial charge in [-0.15, -0.1) is 0 Å². The molecule has 2 aromatic rings. The van der Waals surface area contributed by atoms with Crippen molar-refractivity contribution in [2.75, 3.05) is 18.8 Å². The van der Waals surface area contributed by atoms with E-state index in [4.69, 9.17) is 0 Å². The molecule has 0 aliphatic rings. The largest absolute Gasteiger partial charge is 0.354 e. The van der Waals surface area contributed by atoms with Gasteiger partial charge in [0.15, 0.2) is 0 Å². The summed E-state index contributed by atoms with van der Waals surface area (Å²) in [4.78, 5) is 27.3. The van der Waals surface area contributed by atoms with E-state index in [0.29, 0.717) is 25.4 Å². The molecule has 0 fully saturated rings. The zero-order valence-electron chi connectivity index (χ0n) is 18.3. The fraction of sp³-hybridized carbons (Fsp3) is 0.440. The molecule has 2 amide bonds. The van der Waals surface area contributed by atoms with E-state index in [2.05, 4.69) is 43.4 Å². The van der Waals surface area contributed by atoms with Crippen LogP contribution < -0.4 is 5.32 Å². The van der Waals surface area contributed by atoms with Gasteiger partial charge in [-0.2, -0.15) is 11.8 Å². The van der Waals surface area contributed by atoms with E-state index in [1.165, 1.54) is 11.1 Å². The van der Waals surface area contributed by atoms with Gasteiger partial charge in [0.05, 0.1) is 0 Å². The third-order valence-electron chi connectivity index (χ3n) is 4.91. The first kappa shape index (κ1) is 24.0. The zero-order chi connectivity index (χ0) is 21.8. The van der Waals surface area contributed by atoms with Gasteiger partial charge in [-0.05, 0) is 30.4 Å². The highest BCUT2D eigenvalue weighted by molar-refractivity contribution is 7.98. The van der Waals surface area contributed by atoms with E-state index in [-0.39, 0.29) is 11.8 Å². The second-order valence-electron chi connectivity index (χ2n) is 7.93. The molecule has 0 unspecified atom stereocenters. The quantitative estimate of drug-likeness (QED) is 0.507. The highest BCUT2D eigenvalue weighted by Crippen LogP contribution is 2.15. The van der Waals surface area contributed by atoms with Gasteiger partial charge >= 0.3 is 0 Å². The molecule has 30 heavy (non-hydrogen) atoms. The lowest BCUT2D eigenvalue weighted by molar-refractivity contribution is -0.139. The molecule has 2 aromatic carbocycles. The van der Waals surface area contributed by atoms with Gasteiger partial charge in [0, 0.05) is 31.0 Å². The van der Waals surface area contributed by atoms with Crippen LogP contribution in [0.5, 0.6) is 0 Å². The number of nitrogens with zero attached hydrogens (tertiary/aromatic N) is 1. The predicted octanol–water partition coefficient (Wildman–Crippen LogP) is 4.54. The van der Waals surface area contributed by atoms with Crippen LogP contribution in [0.1, 0.15) is 38.3 Å². The van der Waals surface area contributed by atoms with Gasteiger partial charge in [-0.3, -0.25) is 9.59 Å². The number of hydrogen-bond donors (Lipinski definition) is 1. The van der Waals surface area contributed by atoms with Crippen LogP contribution in [-0.4, -0.2) is 41.6 Å². The molecular formula is C25H34N2O2S. The molecular weight excluding hydrogens is 392 g/mol. The van der Waals surface area contributed by atoms with Crippen LogP contribution in [0.25, 0.3) is 0 Å². The van der Waals surface area contributed by atoms with Crippen molar-refractivity contribution in [1.82, 2.24) is 10.2 Å². The maximum atomic E-state index is 13.0. The Labute approximate surface area is 185 Å². The second-order valence-corrected chi connectivity index (χ2v) is 9.03. The lowest BCUT2D eigenvalue weighted by Crippen LogP contribution is -2.49. The third-order valence-corrected chi connectivity index (χ3v) is 5.94. The SMILES string of the molecule is CC(C)CNC(=O)[C@H](C)N(CCc1ccccc1)C(=O)CCSCc1ccccc1. The lowest BCUT2D eigenvalue weighted by atomic mass is 10.1. The van der Waals surface area contributed by atoms with Crippen LogP contribution >= 0.6 is 11.8 Å². The molecule has 0 aliphatic carbocycles. The topological polar surface area (TPSA) is 49.4 Å². The molecule has 0 heterocycles. The van der Waals surface area contributed by atoms with Crippen molar-refractivity contribution in [3.05, 3.63) is 71.8 Å². The van der Waals surface area contributed by atoms with Crippen LogP contribution in [0.3, 0.4) is 0 Å². The minimum Gasteiger partial charge on any atom is -0.354 e. The van der Waals surface area contributed by atoms with Crippen LogP contribution in [0.4, 0.5) is 0 Å². The number of benzene rings is 2. The monoisotopic (exact) mass is 426 g/mol. The Balaban J connectivity index is 1.92. The first-order valence-corrected chi connectivity index (χ1v) is 11.9. The second kappa shape index (κ2) is 13.1. The highest BCUT2D eigenvalue weighted by Gasteiger charge is 2.25. The Morgan fingerprint density at radius 3 is 2.13 bits per heavy atom. The minimum atomic E-state index is -0.473. The van der Waals surface area contributed by atoms with E-state index in [1.807, 2.05) is 43.3 Å². The summed E-state index contributed by atoms with van der Waals surface area (Å²) in [6.07, 6.45) is 1.18. The fourth-order valence-corrected chi connectivity index (χ4v) is 3.98. The van der Waals surface area contributed by atoms with Crippen LogP contribution in [0, 0.1) is 5.92 Å². The van der Waals surface area contributed by atoms with Crippen LogP contribution in [0.2, 0.25) is 0 Å². The highest BCUT2D eigenvalue weighted by atomic mass is 32.2. The smallest absolute Gasteiger partial charge is 0.242 e. The van der Waals surface area contributed by atoms with Crippen molar-refractivity contribution in [2.45, 2.75) is 45.4 Å². The number of amides is 2. The van der Waals surface area contributed by atoms with Crippen molar-refractivity contribution in [2.24, 2.45) is 5.92 Å². The van der Waals surface area contributed by atoms with Crippen molar-refractivity contribution < 1.29 is 9.59 Å². The van der Waals surface area contributed by atoms with E-state index < -0.39 is 6.04 Å². The number of nitrogens with one attached hydrogen (secondary N) is 1. The molecule has 4 nitrogen and oxygen atoms in total. The molecule has 0 spiro atoms. The maximum Gasteiger partial charge on any atom is 0.242 e. The Bertz CT molecular complexity index is 765. The summed E-state index contributed by atoms with van der Waals surface area (Å²) in [5.74, 6) is 1.98. The van der Waals surface area contributed by atoms with Crippen molar-refractivity contribution >= 4 is 23.6 Å². The van der Waals surface area contributed by atoms with Gasteiger partial charge in [-0.1, -0.05) is 74.5 Å². The Morgan fingerprint density at radius 2 is 1.53 bits per heavy atom. The first-order chi connectivity index (χ1) is 14.5. The number of carbonyl (C=O) groups is 2. The van der Waals surface area contributed by atoms with E-state index in [0.717, 1.165) is 17.9 Å². The van der Waals surface area contributed by atoms with Crippen molar-refractivity contribution in [1.29, 1.82) is 0 Å². The summed E-state index contributed by atoms with van der Waals surface area (Å²) in [5.41, 5.74) is 2.43. The molecule has 0 aliphatic heterocycles. The zero-order valence-corrected chi connectivity index (χ0v) is 19.2. The normalized spacial score (nSPS) is 11.9. The number of carbonyl (C=O) groups excluding carboxylic acids is 2. The Morgan fingerprint density at radius 1 is 0.933 bits per heavy atom. The van der Waals surface area contributed by atoms with Gasteiger partial charge in [0.25, 0.3) is 0 Å². The average Bonchev–Trinajstić information content (AvgIpc) is 2.76. The average molecular weight is 427 g/mol. The minimum absolute atomic E-state index is 0.0405. The molecule has 1 N–H and O–H groups in total. The van der Waals surface area contributed by atoms with Gasteiger partial charge < -0.3 is 10.2 Å². The summed E-state index contributed by atoms with van der Waals surface area (Å²) in [6, 6.07) is 19.9. The molecule has 0 aromatic heterocycles. The summed E-state index contributed by atoms with van der Waals surface area (Å²) >= 11 is 1.75. The molecule has 0 radical (unpaired) electrons. The molecule has 162 valence electrons. The molecule has 2 rings (SSSR count). The summed E-state index contributed by atoms with van der Waals surface area (Å²) in [6.45, 7) is 7.12. The van der Waals surface area contributed by atoms with E-state index in [9.17, 15) is 9.59 Å². The maximum absolute atomic E-state index is 13.0. The Kier molecular flexibility index (Phi) is 10.5. The number of thioether (sulfide) groups is 1. The van der Waals surface area contributed by atoms with Crippen molar-refractivity contribution in [3.63, 3.8) is 0 Å². The molecule has 0 saturated carbocycles.